The van der Waals surface area contributed by atoms with E-state index in [0.29, 0.717) is 30.8 Å². The van der Waals surface area contributed by atoms with E-state index < -0.39 is 22.6 Å². The van der Waals surface area contributed by atoms with E-state index in [2.05, 4.69) is 20.1 Å². The molecule has 1 spiro atoms. The smallest absolute Gasteiger partial charge is 0.310 e. The molecule has 3 unspecified atom stereocenters. The second-order valence-corrected chi connectivity index (χ2v) is 12.5. The standard InChI is InChI=1S/C31H42N2O6S/c1-5-7-19-39-30(37)25-24-20-21(3)31(40-24)26(25)28(35)33(17-10-8-9-11-18-34)27(31)29(36)32(16-6-2)22-12-14-23(38-4)15-13-22/h5-6,12-15,21,24-27,34H,1-2,7-11,16-20H2,3-4H3/t21?,24-,25+,26-,27?,31?/m0/s1. The fourth-order valence-electron chi connectivity index (χ4n) is 6.76. The number of likely N-dealkylation sites (tertiary alicyclic amines) is 1. The lowest BCUT2D eigenvalue weighted by Crippen LogP contribution is -2.57. The number of carbonyl (C=O) groups is 3. The first-order chi connectivity index (χ1) is 19.3. The Labute approximate surface area is 241 Å². The fraction of sp³-hybridized carbons (Fsp3) is 0.581. The Morgan fingerprint density at radius 3 is 2.55 bits per heavy atom. The van der Waals surface area contributed by atoms with Crippen molar-refractivity contribution in [3.05, 3.63) is 49.6 Å². The number of unbranched alkanes of at least 4 members (excludes halogenated alkanes) is 3. The molecule has 0 aliphatic carbocycles. The van der Waals surface area contributed by atoms with Gasteiger partial charge in [-0.05, 0) is 55.9 Å². The molecule has 0 radical (unpaired) electrons. The largest absolute Gasteiger partial charge is 0.497 e. The normalized spacial score (nSPS) is 28.3. The highest BCUT2D eigenvalue weighted by Crippen LogP contribution is 2.68. The first kappa shape index (κ1) is 30.2. The molecule has 2 amide bonds. The number of aliphatic hydroxyl groups excluding tert-OH is 1. The van der Waals surface area contributed by atoms with Gasteiger partial charge in [0.15, 0.2) is 0 Å². The summed E-state index contributed by atoms with van der Waals surface area (Å²) in [5.74, 6) is -1.04. The van der Waals surface area contributed by atoms with E-state index in [9.17, 15) is 19.5 Å². The van der Waals surface area contributed by atoms with Gasteiger partial charge in [0.25, 0.3) is 5.91 Å². The average Bonchev–Trinajstić information content (AvgIpc) is 3.55. The highest BCUT2D eigenvalue weighted by atomic mass is 32.2. The van der Waals surface area contributed by atoms with Gasteiger partial charge < -0.3 is 24.4 Å². The minimum atomic E-state index is -0.710. The molecule has 0 saturated carbocycles. The summed E-state index contributed by atoms with van der Waals surface area (Å²) in [6.45, 7) is 10.8. The number of nitrogens with zero attached hydrogens (tertiary/aromatic N) is 2. The lowest BCUT2D eigenvalue weighted by Gasteiger charge is -2.40. The molecule has 1 N–H and O–H groups in total. The van der Waals surface area contributed by atoms with Gasteiger partial charge in [-0.25, -0.2) is 0 Å². The summed E-state index contributed by atoms with van der Waals surface area (Å²) >= 11 is 1.65. The van der Waals surface area contributed by atoms with Crippen LogP contribution in [0.3, 0.4) is 0 Å². The van der Waals surface area contributed by atoms with Crippen LogP contribution >= 0.6 is 11.8 Å². The highest BCUT2D eigenvalue weighted by molar-refractivity contribution is 8.02. The topological polar surface area (TPSA) is 96.4 Å². The number of carbonyl (C=O) groups excluding carboxylic acids is 3. The van der Waals surface area contributed by atoms with Gasteiger partial charge in [0.2, 0.25) is 5.91 Å². The number of amides is 2. The van der Waals surface area contributed by atoms with Crippen LogP contribution in [0.25, 0.3) is 0 Å². The number of rotatable bonds is 15. The van der Waals surface area contributed by atoms with Crippen LogP contribution in [0.1, 0.15) is 45.4 Å². The molecule has 4 rings (SSSR count). The number of thioether (sulfide) groups is 1. The van der Waals surface area contributed by atoms with Crippen molar-refractivity contribution in [3.63, 3.8) is 0 Å². The summed E-state index contributed by atoms with van der Waals surface area (Å²) in [6, 6.07) is 6.60. The number of esters is 1. The van der Waals surface area contributed by atoms with E-state index in [-0.39, 0.29) is 48.7 Å². The maximum Gasteiger partial charge on any atom is 0.310 e. The number of methoxy groups -OCH3 is 1. The molecule has 3 aliphatic heterocycles. The Hall–Kier alpha value is -2.78. The Bertz CT molecular complexity index is 1090. The molecule has 218 valence electrons. The van der Waals surface area contributed by atoms with Crippen molar-refractivity contribution in [2.45, 2.75) is 61.5 Å². The van der Waals surface area contributed by atoms with E-state index in [1.54, 1.807) is 40.8 Å². The molecule has 40 heavy (non-hydrogen) atoms. The van der Waals surface area contributed by atoms with Crippen LogP contribution in [0.2, 0.25) is 0 Å². The quantitative estimate of drug-likeness (QED) is 0.192. The van der Waals surface area contributed by atoms with Crippen molar-refractivity contribution in [2.75, 3.05) is 38.3 Å². The zero-order valence-electron chi connectivity index (χ0n) is 23.6. The minimum absolute atomic E-state index is 0.0592. The Morgan fingerprint density at radius 1 is 1.18 bits per heavy atom. The number of anilines is 1. The predicted octanol–water partition coefficient (Wildman–Crippen LogP) is 4.22. The predicted molar refractivity (Wildman–Crippen MR) is 157 cm³/mol. The SMILES string of the molecule is C=CCCOC(=O)[C@@H]1[C@@H]2CC(C)C3(S2)C(C(=O)N(CC=C)c2ccc(OC)cc2)N(CCCCCCO)C(=O)[C@H]13. The van der Waals surface area contributed by atoms with Crippen molar-refractivity contribution in [1.29, 1.82) is 0 Å². The molecule has 6 atom stereocenters. The molecule has 3 saturated heterocycles. The molecule has 3 heterocycles. The molecule has 1 aromatic carbocycles. The molecule has 2 bridgehead atoms. The second kappa shape index (κ2) is 13.3. The summed E-state index contributed by atoms with van der Waals surface area (Å²) in [4.78, 5) is 45.6. The van der Waals surface area contributed by atoms with Crippen LogP contribution in [0.5, 0.6) is 5.75 Å². The first-order valence-corrected chi connectivity index (χ1v) is 15.2. The van der Waals surface area contributed by atoms with Gasteiger partial charge in [0.1, 0.15) is 11.8 Å². The fourth-order valence-corrected chi connectivity index (χ4v) is 9.16. The Balaban J connectivity index is 1.71. The Kier molecular flexibility index (Phi) is 10.0. The van der Waals surface area contributed by atoms with E-state index >= 15 is 0 Å². The Morgan fingerprint density at radius 2 is 1.90 bits per heavy atom. The van der Waals surface area contributed by atoms with E-state index in [4.69, 9.17) is 9.47 Å². The van der Waals surface area contributed by atoms with E-state index in [0.717, 1.165) is 25.7 Å². The van der Waals surface area contributed by atoms with Crippen LogP contribution in [-0.4, -0.2) is 77.2 Å². The van der Waals surface area contributed by atoms with Crippen molar-refractivity contribution in [2.24, 2.45) is 17.8 Å². The van der Waals surface area contributed by atoms with Gasteiger partial charge >= 0.3 is 5.97 Å². The van der Waals surface area contributed by atoms with Gasteiger partial charge in [-0.1, -0.05) is 31.9 Å². The van der Waals surface area contributed by atoms with Crippen LogP contribution in [-0.2, 0) is 19.1 Å². The lowest BCUT2D eigenvalue weighted by atomic mass is 9.66. The third-order valence-electron chi connectivity index (χ3n) is 8.59. The summed E-state index contributed by atoms with van der Waals surface area (Å²) in [5.41, 5.74) is 0.700. The van der Waals surface area contributed by atoms with Crippen molar-refractivity contribution >= 4 is 35.2 Å². The van der Waals surface area contributed by atoms with Crippen molar-refractivity contribution in [3.8, 4) is 5.75 Å². The lowest BCUT2D eigenvalue weighted by molar-refractivity contribution is -0.154. The van der Waals surface area contributed by atoms with Crippen LogP contribution < -0.4 is 9.64 Å². The number of hydrogen-bond acceptors (Lipinski definition) is 7. The molecule has 3 aliphatic rings. The maximum absolute atomic E-state index is 14.6. The number of fused-ring (bicyclic) bond motifs is 1. The van der Waals surface area contributed by atoms with Crippen molar-refractivity contribution < 1.29 is 29.0 Å². The molecule has 0 aromatic heterocycles. The average molecular weight is 571 g/mol. The maximum atomic E-state index is 14.6. The number of aliphatic hydroxyl groups is 1. The van der Waals surface area contributed by atoms with Crippen LogP contribution in [0, 0.1) is 17.8 Å². The zero-order chi connectivity index (χ0) is 28.9. The van der Waals surface area contributed by atoms with Gasteiger partial charge in [0, 0.05) is 30.6 Å². The highest BCUT2D eigenvalue weighted by Gasteiger charge is 2.76. The zero-order valence-corrected chi connectivity index (χ0v) is 24.4. The molecule has 1 aromatic rings. The third kappa shape index (κ3) is 5.42. The third-order valence-corrected chi connectivity index (χ3v) is 10.7. The van der Waals surface area contributed by atoms with Crippen LogP contribution in [0.15, 0.2) is 49.6 Å². The number of benzene rings is 1. The summed E-state index contributed by atoms with van der Waals surface area (Å²) < 4.78 is 10.2. The molecular weight excluding hydrogens is 528 g/mol. The molecule has 9 heteroatoms. The summed E-state index contributed by atoms with van der Waals surface area (Å²) in [7, 11) is 1.59. The van der Waals surface area contributed by atoms with Crippen LogP contribution in [0.4, 0.5) is 5.69 Å². The number of hydrogen-bond donors (Lipinski definition) is 1. The van der Waals surface area contributed by atoms with Gasteiger partial charge in [-0.3, -0.25) is 14.4 Å². The minimum Gasteiger partial charge on any atom is -0.497 e. The summed E-state index contributed by atoms with van der Waals surface area (Å²) in [5, 5.41) is 9.11. The van der Waals surface area contributed by atoms with Crippen molar-refractivity contribution in [1.82, 2.24) is 4.90 Å². The van der Waals surface area contributed by atoms with Gasteiger partial charge in [-0.15, -0.1) is 24.9 Å². The second-order valence-electron chi connectivity index (χ2n) is 10.9. The van der Waals surface area contributed by atoms with Gasteiger partial charge in [-0.2, -0.15) is 0 Å². The molecule has 8 nitrogen and oxygen atoms in total. The molecule has 3 fully saturated rings. The molecular formula is C31H42N2O6S. The number of ether oxygens (including phenoxy) is 2. The first-order valence-electron chi connectivity index (χ1n) is 14.3. The van der Waals surface area contributed by atoms with E-state index in [1.165, 1.54) is 0 Å². The summed E-state index contributed by atoms with van der Waals surface area (Å²) in [6.07, 6.45) is 7.83. The van der Waals surface area contributed by atoms with E-state index in [1.807, 2.05) is 24.3 Å². The monoisotopic (exact) mass is 570 g/mol. The van der Waals surface area contributed by atoms with Gasteiger partial charge in [0.05, 0.1) is 30.3 Å².